The molecule has 1 aliphatic rings. The summed E-state index contributed by atoms with van der Waals surface area (Å²) in [7, 11) is 2.07. The van der Waals surface area contributed by atoms with Crippen LogP contribution in [0.1, 0.15) is 24.8 Å². The van der Waals surface area contributed by atoms with E-state index >= 15 is 0 Å². The van der Waals surface area contributed by atoms with E-state index in [0.717, 1.165) is 18.5 Å². The van der Waals surface area contributed by atoms with E-state index in [1.807, 2.05) is 0 Å². The van der Waals surface area contributed by atoms with E-state index in [-0.39, 0.29) is 16.7 Å². The second kappa shape index (κ2) is 7.03. The lowest BCUT2D eigenvalue weighted by Gasteiger charge is -2.29. The summed E-state index contributed by atoms with van der Waals surface area (Å²) in [5.41, 5.74) is 2.61. The Kier molecular flexibility index (Phi) is 5.57. The fourth-order valence-corrected chi connectivity index (χ4v) is 3.61. The monoisotopic (exact) mass is 318 g/mol. The van der Waals surface area contributed by atoms with Gasteiger partial charge in [0.1, 0.15) is 0 Å². The first kappa shape index (κ1) is 16.6. The van der Waals surface area contributed by atoms with Gasteiger partial charge in [0.05, 0.1) is 0 Å². The zero-order valence-corrected chi connectivity index (χ0v) is 12.9. The molecule has 2 unspecified atom stereocenters. The SMILES string of the molecule is CN(Cc1ccc(SC(F)(F)F)cc1)C1CCCC1CN. The van der Waals surface area contributed by atoms with E-state index in [2.05, 4.69) is 11.9 Å². The van der Waals surface area contributed by atoms with Crippen LogP contribution in [0.3, 0.4) is 0 Å². The number of nitrogens with two attached hydrogens (primary N) is 1. The maximum Gasteiger partial charge on any atom is 0.446 e. The molecular weight excluding hydrogens is 297 g/mol. The highest BCUT2D eigenvalue weighted by molar-refractivity contribution is 8.00. The van der Waals surface area contributed by atoms with Gasteiger partial charge in [-0.15, -0.1) is 0 Å². The molecule has 0 aromatic heterocycles. The van der Waals surface area contributed by atoms with Crippen molar-refractivity contribution in [1.29, 1.82) is 0 Å². The predicted octanol–water partition coefficient (Wildman–Crippen LogP) is 3.86. The van der Waals surface area contributed by atoms with Gasteiger partial charge in [-0.25, -0.2) is 0 Å². The van der Waals surface area contributed by atoms with Gasteiger partial charge in [0.2, 0.25) is 0 Å². The van der Waals surface area contributed by atoms with Crippen LogP contribution >= 0.6 is 11.8 Å². The van der Waals surface area contributed by atoms with Crippen molar-refractivity contribution in [3.8, 4) is 0 Å². The number of rotatable bonds is 5. The molecule has 2 rings (SSSR count). The van der Waals surface area contributed by atoms with Crippen molar-refractivity contribution >= 4 is 11.8 Å². The lowest BCUT2D eigenvalue weighted by atomic mass is 10.0. The Morgan fingerprint density at radius 2 is 1.90 bits per heavy atom. The van der Waals surface area contributed by atoms with Crippen LogP contribution < -0.4 is 5.73 Å². The van der Waals surface area contributed by atoms with Crippen molar-refractivity contribution in [3.05, 3.63) is 29.8 Å². The van der Waals surface area contributed by atoms with Crippen molar-refractivity contribution in [2.24, 2.45) is 11.7 Å². The van der Waals surface area contributed by atoms with Crippen molar-refractivity contribution in [1.82, 2.24) is 4.90 Å². The molecule has 6 heteroatoms. The number of nitrogens with zero attached hydrogens (tertiary/aromatic N) is 1. The Morgan fingerprint density at radius 1 is 1.24 bits per heavy atom. The minimum Gasteiger partial charge on any atom is -0.330 e. The lowest BCUT2D eigenvalue weighted by Crippen LogP contribution is -2.37. The third kappa shape index (κ3) is 4.90. The molecule has 2 atom stereocenters. The summed E-state index contributed by atoms with van der Waals surface area (Å²) in [6.45, 7) is 1.45. The molecule has 0 bridgehead atoms. The van der Waals surface area contributed by atoms with E-state index in [9.17, 15) is 13.2 Å². The molecule has 2 nitrogen and oxygen atoms in total. The van der Waals surface area contributed by atoms with Crippen LogP contribution in [0, 0.1) is 5.92 Å². The molecule has 1 aliphatic carbocycles. The van der Waals surface area contributed by atoms with Gasteiger partial charge in [-0.1, -0.05) is 18.6 Å². The van der Waals surface area contributed by atoms with Crippen molar-refractivity contribution in [2.45, 2.75) is 42.3 Å². The molecule has 0 aliphatic heterocycles. The summed E-state index contributed by atoms with van der Waals surface area (Å²) in [4.78, 5) is 2.51. The molecule has 0 amide bonds. The molecule has 21 heavy (non-hydrogen) atoms. The molecule has 118 valence electrons. The molecular formula is C15H21F3N2S. The summed E-state index contributed by atoms with van der Waals surface area (Å²) >= 11 is -0.0725. The van der Waals surface area contributed by atoms with Gasteiger partial charge < -0.3 is 5.73 Å². The summed E-state index contributed by atoms with van der Waals surface area (Å²) in [6, 6.07) is 7.11. The van der Waals surface area contributed by atoms with Gasteiger partial charge in [-0.3, -0.25) is 4.90 Å². The Balaban J connectivity index is 1.93. The van der Waals surface area contributed by atoms with Gasteiger partial charge in [-0.05, 0) is 61.8 Å². The average Bonchev–Trinajstić information content (AvgIpc) is 2.87. The lowest BCUT2D eigenvalue weighted by molar-refractivity contribution is -0.0328. The van der Waals surface area contributed by atoms with Gasteiger partial charge in [0, 0.05) is 17.5 Å². The zero-order valence-electron chi connectivity index (χ0n) is 12.1. The molecule has 0 radical (unpaired) electrons. The van der Waals surface area contributed by atoms with Crippen molar-refractivity contribution < 1.29 is 13.2 Å². The topological polar surface area (TPSA) is 29.3 Å². The molecule has 2 N–H and O–H groups in total. The minimum atomic E-state index is -4.23. The molecule has 1 aromatic rings. The number of hydrogen-bond acceptors (Lipinski definition) is 3. The Labute approximate surface area is 127 Å². The Hall–Kier alpha value is -0.720. The van der Waals surface area contributed by atoms with Gasteiger partial charge in [0.15, 0.2) is 0 Å². The van der Waals surface area contributed by atoms with Crippen LogP contribution in [-0.2, 0) is 6.54 Å². The molecule has 1 fully saturated rings. The number of thioether (sulfide) groups is 1. The summed E-state index contributed by atoms with van der Waals surface area (Å²) in [6.07, 6.45) is 3.53. The first-order chi connectivity index (χ1) is 9.89. The first-order valence-electron chi connectivity index (χ1n) is 7.14. The third-order valence-corrected chi connectivity index (χ3v) is 4.82. The van der Waals surface area contributed by atoms with E-state index in [0.29, 0.717) is 18.5 Å². The average molecular weight is 318 g/mol. The maximum atomic E-state index is 12.3. The van der Waals surface area contributed by atoms with Crippen LogP contribution in [0.4, 0.5) is 13.2 Å². The van der Waals surface area contributed by atoms with Crippen molar-refractivity contribution in [3.63, 3.8) is 0 Å². The smallest absolute Gasteiger partial charge is 0.330 e. The molecule has 0 saturated heterocycles. The van der Waals surface area contributed by atoms with E-state index in [4.69, 9.17) is 5.73 Å². The molecule has 0 heterocycles. The molecule has 1 aromatic carbocycles. The predicted molar refractivity (Wildman–Crippen MR) is 80.0 cm³/mol. The second-order valence-electron chi connectivity index (χ2n) is 5.60. The van der Waals surface area contributed by atoms with Crippen LogP contribution in [-0.4, -0.2) is 30.0 Å². The molecule has 1 saturated carbocycles. The second-order valence-corrected chi connectivity index (χ2v) is 6.74. The fraction of sp³-hybridized carbons (Fsp3) is 0.600. The highest BCUT2D eigenvalue weighted by Gasteiger charge is 2.30. The normalized spacial score (nSPS) is 23.0. The van der Waals surface area contributed by atoms with E-state index < -0.39 is 5.51 Å². The molecule has 0 spiro atoms. The summed E-state index contributed by atoms with van der Waals surface area (Å²) < 4.78 is 36.8. The highest BCUT2D eigenvalue weighted by atomic mass is 32.2. The number of halogens is 3. The minimum absolute atomic E-state index is 0.0725. The van der Waals surface area contributed by atoms with Crippen LogP contribution in [0.25, 0.3) is 0 Å². The van der Waals surface area contributed by atoms with Crippen LogP contribution in [0.5, 0.6) is 0 Å². The number of hydrogen-bond donors (Lipinski definition) is 1. The van der Waals surface area contributed by atoms with Gasteiger partial charge in [0.25, 0.3) is 0 Å². The maximum absolute atomic E-state index is 12.3. The van der Waals surface area contributed by atoms with Crippen molar-refractivity contribution in [2.75, 3.05) is 13.6 Å². The Morgan fingerprint density at radius 3 is 2.48 bits per heavy atom. The quantitative estimate of drug-likeness (QED) is 0.836. The van der Waals surface area contributed by atoms with E-state index in [1.165, 1.54) is 25.0 Å². The standard InChI is InChI=1S/C15H21F3N2S/c1-20(14-4-2-3-12(14)9-19)10-11-5-7-13(8-6-11)21-15(16,17)18/h5-8,12,14H,2-4,9-10,19H2,1H3. The summed E-state index contributed by atoms with van der Waals surface area (Å²) in [5, 5.41) is 0. The fourth-order valence-electron chi connectivity index (χ4n) is 3.07. The Bertz CT molecular complexity index is 447. The largest absolute Gasteiger partial charge is 0.446 e. The van der Waals surface area contributed by atoms with Crippen LogP contribution in [0.2, 0.25) is 0 Å². The highest BCUT2D eigenvalue weighted by Crippen LogP contribution is 2.37. The summed E-state index contributed by atoms with van der Waals surface area (Å²) in [5.74, 6) is 0.537. The van der Waals surface area contributed by atoms with Gasteiger partial charge >= 0.3 is 5.51 Å². The van der Waals surface area contributed by atoms with Crippen LogP contribution in [0.15, 0.2) is 29.2 Å². The first-order valence-corrected chi connectivity index (χ1v) is 7.95. The zero-order chi connectivity index (χ0) is 15.5. The van der Waals surface area contributed by atoms with E-state index in [1.54, 1.807) is 12.1 Å². The third-order valence-electron chi connectivity index (χ3n) is 4.08. The number of benzene rings is 1. The van der Waals surface area contributed by atoms with Gasteiger partial charge in [-0.2, -0.15) is 13.2 Å². The number of alkyl halides is 3.